The molecular formula is C50H62N4O8. The summed E-state index contributed by atoms with van der Waals surface area (Å²) in [6.45, 7) is 9.72. The summed E-state index contributed by atoms with van der Waals surface area (Å²) in [6, 6.07) is 20.1. The zero-order valence-corrected chi connectivity index (χ0v) is 36.3. The van der Waals surface area contributed by atoms with Crippen LogP contribution in [0.4, 0.5) is 0 Å². The van der Waals surface area contributed by atoms with Crippen LogP contribution in [0.2, 0.25) is 0 Å². The fraction of sp³-hybridized carbons (Fsp3) is 0.520. The van der Waals surface area contributed by atoms with E-state index in [2.05, 4.69) is 29.8 Å². The molecule has 7 atom stereocenters. The van der Waals surface area contributed by atoms with E-state index >= 15 is 0 Å². The van der Waals surface area contributed by atoms with E-state index in [4.69, 9.17) is 28.9 Å². The summed E-state index contributed by atoms with van der Waals surface area (Å²) in [4.78, 5) is 27.8. The number of aliphatic hydroxyl groups is 2. The smallest absolute Gasteiger partial charge is 0.254 e. The van der Waals surface area contributed by atoms with Gasteiger partial charge in [0.1, 0.15) is 24.1 Å². The number of benzene rings is 2. The number of pyridine rings is 1. The van der Waals surface area contributed by atoms with Crippen LogP contribution < -0.4 is 9.47 Å². The lowest BCUT2D eigenvalue weighted by atomic mass is 9.55. The molecule has 2 aromatic carbocycles. The molecule has 4 aliphatic rings. The second kappa shape index (κ2) is 21.3. The lowest BCUT2D eigenvalue weighted by molar-refractivity contribution is -0.254. The predicted molar refractivity (Wildman–Crippen MR) is 235 cm³/mol. The fourth-order valence-corrected chi connectivity index (χ4v) is 9.98. The van der Waals surface area contributed by atoms with Crippen molar-refractivity contribution in [2.24, 2.45) is 22.9 Å². The number of allylic oxidation sites excluding steroid dienone is 1. The molecule has 3 heterocycles. The molecule has 2 fully saturated rings. The van der Waals surface area contributed by atoms with Crippen LogP contribution in [0.25, 0.3) is 0 Å². The average molecular weight is 847 g/mol. The van der Waals surface area contributed by atoms with E-state index in [0.717, 1.165) is 73.2 Å². The topological polar surface area (TPSA) is 156 Å². The first-order chi connectivity index (χ1) is 30.3. The molecule has 62 heavy (non-hydrogen) atoms. The normalized spacial score (nSPS) is 25.7. The number of carbonyl (C=O) groups excluding carboxylic acids is 1. The maximum atomic E-state index is 15.0. The molecule has 7 rings (SSSR count). The molecule has 0 spiro atoms. The lowest BCUT2D eigenvalue weighted by Gasteiger charge is -2.60. The third-order valence-corrected chi connectivity index (χ3v) is 12.8. The molecule has 2 aliphatic heterocycles. The van der Waals surface area contributed by atoms with Crippen molar-refractivity contribution < 1.29 is 38.8 Å². The Kier molecular flexibility index (Phi) is 15.5. The highest BCUT2D eigenvalue weighted by Gasteiger charge is 2.65. The number of hydrogen-bond acceptors (Lipinski definition) is 11. The van der Waals surface area contributed by atoms with Gasteiger partial charge in [-0.05, 0) is 124 Å². The largest absolute Gasteiger partial charge is 0.487 e. The van der Waals surface area contributed by atoms with Gasteiger partial charge < -0.3 is 38.9 Å². The zero-order chi connectivity index (χ0) is 43.5. The van der Waals surface area contributed by atoms with Crippen LogP contribution in [0.15, 0.2) is 90.1 Å². The third kappa shape index (κ3) is 9.92. The third-order valence-electron chi connectivity index (χ3n) is 12.8. The molecule has 2 aliphatic carbocycles. The lowest BCUT2D eigenvalue weighted by Crippen LogP contribution is -2.70. The molecule has 1 amide bonds. The van der Waals surface area contributed by atoms with E-state index in [1.807, 2.05) is 49.1 Å². The Morgan fingerprint density at radius 1 is 1.08 bits per heavy atom. The predicted octanol–water partition coefficient (Wildman–Crippen LogP) is 8.55. The summed E-state index contributed by atoms with van der Waals surface area (Å²) in [5.74, 6) is -0.781. The van der Waals surface area contributed by atoms with Gasteiger partial charge in [-0.2, -0.15) is 5.26 Å². The van der Waals surface area contributed by atoms with Gasteiger partial charge in [0.2, 0.25) is 12.1 Å². The molecule has 3 aromatic rings. The SMILES string of the molecule is C=CCOC12Oc3ccc(OCc4cccc(C)n4)cc3C3C(CCCCO)C(CCCCO)C=C(C(=NOC4CCCCO4)CC1N(CCC)C(=O)c1ccc(C#N)cc1)C32. The van der Waals surface area contributed by atoms with E-state index in [1.165, 1.54) is 0 Å². The maximum Gasteiger partial charge on any atom is 0.254 e. The molecule has 1 saturated heterocycles. The molecule has 12 nitrogen and oxygen atoms in total. The molecule has 1 saturated carbocycles. The number of rotatable bonds is 20. The zero-order valence-electron chi connectivity index (χ0n) is 36.3. The van der Waals surface area contributed by atoms with Crippen LogP contribution in [0, 0.1) is 36.0 Å². The number of oxime groups is 1. The second-order valence-electron chi connectivity index (χ2n) is 16.9. The molecule has 7 unspecified atom stereocenters. The summed E-state index contributed by atoms with van der Waals surface area (Å²) in [6.07, 6.45) is 11.8. The number of fused-ring (bicyclic) bond motifs is 2. The summed E-state index contributed by atoms with van der Waals surface area (Å²) < 4.78 is 27.0. The van der Waals surface area contributed by atoms with Crippen molar-refractivity contribution in [3.05, 3.63) is 113 Å². The molecule has 12 heteroatoms. The van der Waals surface area contributed by atoms with E-state index in [9.17, 15) is 20.3 Å². The number of aromatic nitrogens is 1. The Bertz CT molecular complexity index is 2090. The quantitative estimate of drug-likeness (QED) is 0.0642. The van der Waals surface area contributed by atoms with E-state index in [1.54, 1.807) is 30.3 Å². The van der Waals surface area contributed by atoms with Gasteiger partial charge in [0.15, 0.2) is 0 Å². The fourth-order valence-electron chi connectivity index (χ4n) is 9.98. The first-order valence-electron chi connectivity index (χ1n) is 22.6. The summed E-state index contributed by atoms with van der Waals surface area (Å²) in [5, 5.41) is 34.5. The van der Waals surface area contributed by atoms with Gasteiger partial charge in [-0.15, -0.1) is 6.58 Å². The summed E-state index contributed by atoms with van der Waals surface area (Å²) in [5.41, 5.74) is 5.32. The van der Waals surface area contributed by atoms with E-state index < -0.39 is 24.0 Å². The minimum absolute atomic E-state index is 0.0634. The van der Waals surface area contributed by atoms with Gasteiger partial charge in [-0.1, -0.05) is 43.1 Å². The number of amides is 1. The van der Waals surface area contributed by atoms with Crippen molar-refractivity contribution in [2.75, 3.05) is 33.0 Å². The van der Waals surface area contributed by atoms with Gasteiger partial charge in [0, 0.05) is 55.3 Å². The first kappa shape index (κ1) is 45.0. The van der Waals surface area contributed by atoms with Crippen LogP contribution in [-0.4, -0.2) is 82.8 Å². The Balaban J connectivity index is 1.43. The van der Waals surface area contributed by atoms with Crippen molar-refractivity contribution in [3.8, 4) is 17.6 Å². The molecular weight excluding hydrogens is 785 g/mol. The molecule has 0 radical (unpaired) electrons. The van der Waals surface area contributed by atoms with Crippen molar-refractivity contribution in [1.82, 2.24) is 9.88 Å². The molecule has 0 bridgehead atoms. The Morgan fingerprint density at radius 2 is 1.89 bits per heavy atom. The number of hydrogen-bond donors (Lipinski definition) is 2. The van der Waals surface area contributed by atoms with Crippen LogP contribution >= 0.6 is 0 Å². The number of aryl methyl sites for hydroxylation is 1. The van der Waals surface area contributed by atoms with Crippen LogP contribution in [0.3, 0.4) is 0 Å². The van der Waals surface area contributed by atoms with Crippen molar-refractivity contribution in [3.63, 3.8) is 0 Å². The van der Waals surface area contributed by atoms with Crippen LogP contribution in [0.1, 0.15) is 116 Å². The van der Waals surface area contributed by atoms with Crippen LogP contribution in [-0.2, 0) is 20.9 Å². The average Bonchev–Trinajstić information content (AvgIpc) is 3.30. The summed E-state index contributed by atoms with van der Waals surface area (Å²) in [7, 11) is 0. The number of nitriles is 1. The number of nitrogens with zero attached hydrogens (tertiary/aromatic N) is 4. The maximum absolute atomic E-state index is 15.0. The van der Waals surface area contributed by atoms with Gasteiger partial charge in [0.05, 0.1) is 42.2 Å². The van der Waals surface area contributed by atoms with Gasteiger partial charge in [0.25, 0.3) is 5.91 Å². The Hall–Kier alpha value is -5.06. The van der Waals surface area contributed by atoms with Gasteiger partial charge in [-0.3, -0.25) is 9.78 Å². The van der Waals surface area contributed by atoms with E-state index in [-0.39, 0.29) is 49.9 Å². The number of ether oxygens (including phenoxy) is 4. The standard InChI is InChI=1S/C50H62N4O8/c1-4-24-54(49(57)36-20-18-35(32-51)19-21-36)45-31-43(53-62-46-17-8-11-28-58-46)41-29-37(14-6-9-25-55)40(16-7-10-26-56)47-42-30-39(59-33-38-15-12-13-34(3)52-38)22-23-44(42)61-50(45,48(41)47)60-27-5-2/h5,12-13,15,18-23,29-30,37,40,45-48,55-56H,2,4,6-11,14,16-17,24-28,31,33H2,1,3H3. The highest BCUT2D eigenvalue weighted by Crippen LogP contribution is 2.62. The Labute approximate surface area is 366 Å². The monoisotopic (exact) mass is 846 g/mol. The first-order valence-corrected chi connectivity index (χ1v) is 22.6. The van der Waals surface area contributed by atoms with Crippen molar-refractivity contribution in [2.45, 2.75) is 115 Å². The van der Waals surface area contributed by atoms with Crippen molar-refractivity contribution in [1.29, 1.82) is 5.26 Å². The van der Waals surface area contributed by atoms with Crippen molar-refractivity contribution >= 4 is 11.6 Å². The highest BCUT2D eigenvalue weighted by atomic mass is 16.8. The van der Waals surface area contributed by atoms with Crippen LogP contribution in [0.5, 0.6) is 11.5 Å². The van der Waals surface area contributed by atoms with Gasteiger partial charge >= 0.3 is 0 Å². The number of aliphatic hydroxyl groups excluding tert-OH is 2. The van der Waals surface area contributed by atoms with E-state index in [0.29, 0.717) is 61.6 Å². The molecule has 2 N–H and O–H groups in total. The molecule has 1 aromatic heterocycles. The Morgan fingerprint density at radius 3 is 2.60 bits per heavy atom. The summed E-state index contributed by atoms with van der Waals surface area (Å²) >= 11 is 0. The number of unbranched alkanes of at least 4 members (excludes halogenated alkanes) is 2. The minimum atomic E-state index is -1.39. The second-order valence-corrected chi connectivity index (χ2v) is 16.9. The molecule has 330 valence electrons. The van der Waals surface area contributed by atoms with Gasteiger partial charge in [-0.25, -0.2) is 0 Å². The number of carbonyl (C=O) groups is 1. The highest BCUT2D eigenvalue weighted by molar-refractivity contribution is 6.03. The minimum Gasteiger partial charge on any atom is -0.487 e.